The first-order chi connectivity index (χ1) is 5.77. The van der Waals surface area contributed by atoms with E-state index in [1.54, 1.807) is 10.9 Å². The maximum Gasteiger partial charge on any atom is 0.0687 e. The molecular formula is C8H12Cl2N4. The molecule has 4 nitrogen and oxygen atoms in total. The molecule has 14 heavy (non-hydrogen) atoms. The van der Waals surface area contributed by atoms with E-state index in [1.165, 1.54) is 0 Å². The van der Waals surface area contributed by atoms with Crippen molar-refractivity contribution in [3.63, 3.8) is 0 Å². The Morgan fingerprint density at radius 1 is 1.36 bits per heavy atom. The van der Waals surface area contributed by atoms with Crippen LogP contribution in [-0.4, -0.2) is 20.0 Å². The van der Waals surface area contributed by atoms with Gasteiger partial charge in [-0.3, -0.25) is 9.78 Å². The van der Waals surface area contributed by atoms with Gasteiger partial charge in [-0.15, -0.1) is 24.8 Å². The Morgan fingerprint density at radius 2 is 2.07 bits per heavy atom. The van der Waals surface area contributed by atoms with Crippen LogP contribution < -0.4 is 0 Å². The van der Waals surface area contributed by atoms with E-state index in [1.807, 2.05) is 26.2 Å². The molecular weight excluding hydrogens is 223 g/mol. The first-order valence-corrected chi connectivity index (χ1v) is 3.77. The van der Waals surface area contributed by atoms with Crippen molar-refractivity contribution >= 4 is 24.8 Å². The molecule has 2 rings (SSSR count). The van der Waals surface area contributed by atoms with E-state index in [0.29, 0.717) is 0 Å². The van der Waals surface area contributed by atoms with Gasteiger partial charge in [0, 0.05) is 25.0 Å². The van der Waals surface area contributed by atoms with Gasteiger partial charge in [0.25, 0.3) is 0 Å². The molecule has 0 radical (unpaired) electrons. The van der Waals surface area contributed by atoms with Crippen LogP contribution in [0.3, 0.4) is 0 Å². The third kappa shape index (κ3) is 2.27. The fraction of sp³-hybridized carbons (Fsp3) is 0.250. The summed E-state index contributed by atoms with van der Waals surface area (Å²) in [6.07, 6.45) is 3.71. The Morgan fingerprint density at radius 3 is 2.50 bits per heavy atom. The van der Waals surface area contributed by atoms with Gasteiger partial charge in [0.05, 0.1) is 11.4 Å². The number of hydrogen-bond donors (Lipinski definition) is 1. The van der Waals surface area contributed by atoms with Gasteiger partial charge in [-0.1, -0.05) is 0 Å². The number of aromatic amines is 1. The van der Waals surface area contributed by atoms with Crippen molar-refractivity contribution in [3.8, 4) is 11.3 Å². The highest BCUT2D eigenvalue weighted by molar-refractivity contribution is 5.85. The molecule has 0 aliphatic carbocycles. The predicted molar refractivity (Wildman–Crippen MR) is 60.0 cm³/mol. The lowest BCUT2D eigenvalue weighted by Gasteiger charge is -1.89. The largest absolute Gasteiger partial charge is 0.278 e. The number of hydrogen-bond acceptors (Lipinski definition) is 2. The maximum atomic E-state index is 4.24. The van der Waals surface area contributed by atoms with E-state index < -0.39 is 0 Å². The van der Waals surface area contributed by atoms with Gasteiger partial charge in [-0.05, 0) is 13.0 Å². The summed E-state index contributed by atoms with van der Waals surface area (Å²) < 4.78 is 1.80. The predicted octanol–water partition coefficient (Wildman–Crippen LogP) is 1.96. The molecule has 0 aliphatic rings. The lowest BCUT2D eigenvalue weighted by atomic mass is 10.2. The molecule has 0 fully saturated rings. The van der Waals surface area contributed by atoms with Crippen molar-refractivity contribution in [2.24, 2.45) is 7.05 Å². The number of aryl methyl sites for hydroxylation is 2. The summed E-state index contributed by atoms with van der Waals surface area (Å²) in [5.74, 6) is 0. The average Bonchev–Trinajstić information content (AvgIpc) is 2.58. The van der Waals surface area contributed by atoms with Gasteiger partial charge in [0.15, 0.2) is 0 Å². The van der Waals surface area contributed by atoms with Crippen LogP contribution in [-0.2, 0) is 7.05 Å². The van der Waals surface area contributed by atoms with Crippen LogP contribution in [0.15, 0.2) is 18.5 Å². The van der Waals surface area contributed by atoms with Gasteiger partial charge < -0.3 is 0 Å². The van der Waals surface area contributed by atoms with Crippen molar-refractivity contribution in [1.82, 2.24) is 20.0 Å². The van der Waals surface area contributed by atoms with Crippen molar-refractivity contribution in [2.75, 3.05) is 0 Å². The molecule has 0 aliphatic heterocycles. The third-order valence-corrected chi connectivity index (χ3v) is 1.80. The highest BCUT2D eigenvalue weighted by Gasteiger charge is 2.05. The minimum absolute atomic E-state index is 0. The molecule has 2 aromatic rings. The Balaban J connectivity index is 0.000000845. The summed E-state index contributed by atoms with van der Waals surface area (Å²) in [4.78, 5) is 0. The second-order valence-electron chi connectivity index (χ2n) is 2.77. The molecule has 0 aromatic carbocycles. The Labute approximate surface area is 94.5 Å². The zero-order chi connectivity index (χ0) is 8.55. The molecule has 0 unspecified atom stereocenters. The van der Waals surface area contributed by atoms with E-state index in [-0.39, 0.29) is 24.8 Å². The number of nitrogens with one attached hydrogen (secondary N) is 1. The Bertz CT molecular complexity index is 380. The first-order valence-electron chi connectivity index (χ1n) is 3.77. The topological polar surface area (TPSA) is 46.5 Å². The second-order valence-corrected chi connectivity index (χ2v) is 2.77. The summed E-state index contributed by atoms with van der Waals surface area (Å²) in [6, 6.07) is 1.93. The number of halogens is 2. The number of rotatable bonds is 1. The standard InChI is InChI=1S/C8H10N4.2ClH/c1-6-7(5-12(2)11-6)8-3-4-9-10-8;;/h3-5H,1-2H3,(H,9,10);2*1H. The fourth-order valence-electron chi connectivity index (χ4n) is 1.27. The molecule has 78 valence electrons. The van der Waals surface area contributed by atoms with E-state index >= 15 is 0 Å². The lowest BCUT2D eigenvalue weighted by Crippen LogP contribution is -1.86. The van der Waals surface area contributed by atoms with Crippen molar-refractivity contribution in [1.29, 1.82) is 0 Å². The van der Waals surface area contributed by atoms with Crippen LogP contribution in [0, 0.1) is 6.92 Å². The summed E-state index contributed by atoms with van der Waals surface area (Å²) in [7, 11) is 1.91. The van der Waals surface area contributed by atoms with E-state index in [2.05, 4.69) is 15.3 Å². The molecule has 2 aromatic heterocycles. The van der Waals surface area contributed by atoms with Gasteiger partial charge in [-0.25, -0.2) is 0 Å². The van der Waals surface area contributed by atoms with Crippen molar-refractivity contribution in [3.05, 3.63) is 24.2 Å². The molecule has 6 heteroatoms. The zero-order valence-electron chi connectivity index (χ0n) is 7.89. The lowest BCUT2D eigenvalue weighted by molar-refractivity contribution is 0.756. The highest BCUT2D eigenvalue weighted by Crippen LogP contribution is 2.18. The SMILES string of the molecule is Cc1nn(C)cc1-c1ccn[nH]1.Cl.Cl. The Hall–Kier alpha value is -1.00. The molecule has 0 saturated heterocycles. The molecule has 0 spiro atoms. The smallest absolute Gasteiger partial charge is 0.0687 e. The van der Waals surface area contributed by atoms with Crippen molar-refractivity contribution in [2.45, 2.75) is 6.92 Å². The normalized spacial score (nSPS) is 9.00. The van der Waals surface area contributed by atoms with Crippen molar-refractivity contribution < 1.29 is 0 Å². The molecule has 0 saturated carbocycles. The summed E-state index contributed by atoms with van der Waals surface area (Å²) in [6.45, 7) is 1.98. The van der Waals surface area contributed by atoms with Gasteiger partial charge in [-0.2, -0.15) is 10.2 Å². The van der Waals surface area contributed by atoms with Crippen LogP contribution in [0.25, 0.3) is 11.3 Å². The number of H-pyrrole nitrogens is 1. The quantitative estimate of drug-likeness (QED) is 0.821. The summed E-state index contributed by atoms with van der Waals surface area (Å²) in [5.41, 5.74) is 3.14. The third-order valence-electron chi connectivity index (χ3n) is 1.80. The number of aromatic nitrogens is 4. The fourth-order valence-corrected chi connectivity index (χ4v) is 1.27. The zero-order valence-corrected chi connectivity index (χ0v) is 9.52. The molecule has 0 atom stereocenters. The minimum Gasteiger partial charge on any atom is -0.278 e. The molecule has 2 heterocycles. The van der Waals surface area contributed by atoms with Crippen LogP contribution in [0.4, 0.5) is 0 Å². The maximum absolute atomic E-state index is 4.24. The van der Waals surface area contributed by atoms with Crippen LogP contribution in [0.2, 0.25) is 0 Å². The molecule has 0 amide bonds. The summed E-state index contributed by atoms with van der Waals surface area (Å²) in [5, 5.41) is 11.0. The first kappa shape index (κ1) is 13.0. The van der Waals surface area contributed by atoms with E-state index in [9.17, 15) is 0 Å². The van der Waals surface area contributed by atoms with Gasteiger partial charge in [0.2, 0.25) is 0 Å². The second kappa shape index (κ2) is 5.02. The highest BCUT2D eigenvalue weighted by atomic mass is 35.5. The average molecular weight is 235 g/mol. The molecule has 1 N–H and O–H groups in total. The number of nitrogens with zero attached hydrogens (tertiary/aromatic N) is 3. The van der Waals surface area contributed by atoms with E-state index in [0.717, 1.165) is 17.0 Å². The van der Waals surface area contributed by atoms with Crippen LogP contribution in [0.1, 0.15) is 5.69 Å². The van der Waals surface area contributed by atoms with E-state index in [4.69, 9.17) is 0 Å². The monoisotopic (exact) mass is 234 g/mol. The van der Waals surface area contributed by atoms with Gasteiger partial charge in [0.1, 0.15) is 0 Å². The summed E-state index contributed by atoms with van der Waals surface area (Å²) >= 11 is 0. The van der Waals surface area contributed by atoms with Crippen LogP contribution in [0.5, 0.6) is 0 Å². The van der Waals surface area contributed by atoms with Crippen LogP contribution >= 0.6 is 24.8 Å². The molecule has 0 bridgehead atoms. The Kier molecular flexibility index (Phi) is 4.67. The van der Waals surface area contributed by atoms with Gasteiger partial charge >= 0.3 is 0 Å². The minimum atomic E-state index is 0.